The van der Waals surface area contributed by atoms with E-state index in [2.05, 4.69) is 5.32 Å². The fourth-order valence-electron chi connectivity index (χ4n) is 2.78. The van der Waals surface area contributed by atoms with Gasteiger partial charge in [-0.2, -0.15) is 0 Å². The summed E-state index contributed by atoms with van der Waals surface area (Å²) >= 11 is 12.1. The third-order valence-corrected chi connectivity index (χ3v) is 5.06. The maximum atomic E-state index is 12.7. The zero-order chi connectivity index (χ0) is 17.4. The summed E-state index contributed by atoms with van der Waals surface area (Å²) < 4.78 is 0. The van der Waals surface area contributed by atoms with E-state index in [1.807, 2.05) is 26.0 Å². The third-order valence-electron chi connectivity index (χ3n) is 4.24. The van der Waals surface area contributed by atoms with Crippen LogP contribution >= 0.6 is 23.2 Å². The molecule has 0 aliphatic carbocycles. The van der Waals surface area contributed by atoms with Crippen LogP contribution in [-0.4, -0.2) is 17.9 Å². The zero-order valence-corrected chi connectivity index (χ0v) is 14.8. The highest BCUT2D eigenvalue weighted by molar-refractivity contribution is 6.43. The molecule has 1 aliphatic heterocycles. The maximum absolute atomic E-state index is 12.7. The Balaban J connectivity index is 1.89. The van der Waals surface area contributed by atoms with Crippen molar-refractivity contribution in [3.8, 4) is 0 Å². The molecule has 0 bridgehead atoms. The Morgan fingerprint density at radius 2 is 1.79 bits per heavy atom. The van der Waals surface area contributed by atoms with Gasteiger partial charge in [0, 0.05) is 0 Å². The monoisotopic (exact) mass is 362 g/mol. The number of amides is 2. The molecule has 2 aromatic rings. The van der Waals surface area contributed by atoms with Crippen molar-refractivity contribution in [2.24, 2.45) is 0 Å². The van der Waals surface area contributed by atoms with Crippen LogP contribution in [0, 0.1) is 13.8 Å². The van der Waals surface area contributed by atoms with Gasteiger partial charge in [0.25, 0.3) is 5.91 Å². The van der Waals surface area contributed by atoms with E-state index in [1.54, 1.807) is 24.3 Å². The molecule has 2 aromatic carbocycles. The molecule has 1 N–H and O–H groups in total. The number of hydrogen-bond acceptors (Lipinski definition) is 3. The van der Waals surface area contributed by atoms with Crippen LogP contribution in [0.25, 0.3) is 0 Å². The summed E-state index contributed by atoms with van der Waals surface area (Å²) in [6, 6.07) is 10.0. The van der Waals surface area contributed by atoms with Gasteiger partial charge in [0.2, 0.25) is 5.91 Å². The lowest BCUT2D eigenvalue weighted by atomic mass is 10.1. The van der Waals surface area contributed by atoms with Crippen molar-refractivity contribution in [1.82, 2.24) is 0 Å². The lowest BCUT2D eigenvalue weighted by Gasteiger charge is -2.19. The van der Waals surface area contributed by atoms with Crippen LogP contribution in [0.4, 0.5) is 11.4 Å². The topological polar surface area (TPSA) is 49.4 Å². The molecule has 1 saturated heterocycles. The minimum absolute atomic E-state index is 0.0784. The van der Waals surface area contributed by atoms with E-state index in [4.69, 9.17) is 23.2 Å². The minimum Gasteiger partial charge on any atom is -0.372 e. The van der Waals surface area contributed by atoms with Crippen LogP contribution in [0.5, 0.6) is 0 Å². The van der Waals surface area contributed by atoms with Crippen molar-refractivity contribution in [3.63, 3.8) is 0 Å². The predicted octanol–water partition coefficient (Wildman–Crippen LogP) is 4.35. The summed E-state index contributed by atoms with van der Waals surface area (Å²) in [5, 5.41) is 3.77. The number of benzene rings is 2. The number of hydrogen-bond donors (Lipinski definition) is 1. The molecule has 4 nitrogen and oxygen atoms in total. The quantitative estimate of drug-likeness (QED) is 0.825. The Hall–Kier alpha value is -2.04. The first kappa shape index (κ1) is 16.8. The normalized spacial score (nSPS) is 17.5. The highest BCUT2D eigenvalue weighted by Crippen LogP contribution is 2.33. The molecular weight excluding hydrogens is 347 g/mol. The lowest BCUT2D eigenvalue weighted by molar-refractivity contribution is -0.121. The Morgan fingerprint density at radius 3 is 2.54 bits per heavy atom. The van der Waals surface area contributed by atoms with Crippen molar-refractivity contribution in [2.75, 3.05) is 10.2 Å². The van der Waals surface area contributed by atoms with Gasteiger partial charge >= 0.3 is 0 Å². The maximum Gasteiger partial charge on any atom is 0.256 e. The SMILES string of the molecule is Cc1cccc(N2C(=O)C[C@@H](Nc3cccc(Cl)c3Cl)C2=O)c1C. The van der Waals surface area contributed by atoms with Gasteiger partial charge in [-0.1, -0.05) is 41.4 Å². The largest absolute Gasteiger partial charge is 0.372 e. The Bertz CT molecular complexity index is 836. The van der Waals surface area contributed by atoms with E-state index in [0.29, 0.717) is 21.4 Å². The molecule has 24 heavy (non-hydrogen) atoms. The molecule has 1 fully saturated rings. The number of carbonyl (C=O) groups is 2. The van der Waals surface area contributed by atoms with Crippen LogP contribution in [0.1, 0.15) is 17.5 Å². The lowest BCUT2D eigenvalue weighted by Crippen LogP contribution is -2.35. The molecule has 1 aliphatic rings. The summed E-state index contributed by atoms with van der Waals surface area (Å²) in [5.41, 5.74) is 3.12. The van der Waals surface area contributed by atoms with E-state index in [-0.39, 0.29) is 18.2 Å². The molecule has 6 heteroatoms. The second-order valence-electron chi connectivity index (χ2n) is 5.79. The van der Waals surface area contributed by atoms with Crippen molar-refractivity contribution in [1.29, 1.82) is 0 Å². The van der Waals surface area contributed by atoms with Crippen LogP contribution in [0.3, 0.4) is 0 Å². The average molecular weight is 363 g/mol. The number of imide groups is 1. The average Bonchev–Trinajstić information content (AvgIpc) is 2.81. The first-order valence-electron chi connectivity index (χ1n) is 7.53. The number of nitrogens with one attached hydrogen (secondary N) is 1. The molecule has 1 atom stereocenters. The molecular formula is C18H16Cl2N2O2. The molecule has 0 unspecified atom stereocenters. The van der Waals surface area contributed by atoms with Gasteiger partial charge in [-0.25, -0.2) is 4.90 Å². The Kier molecular flexibility index (Phi) is 4.52. The number of halogens is 2. The first-order valence-corrected chi connectivity index (χ1v) is 8.29. The summed E-state index contributed by atoms with van der Waals surface area (Å²) in [6.07, 6.45) is 0.0784. The van der Waals surface area contributed by atoms with Gasteiger partial charge in [0.1, 0.15) is 6.04 Å². The second-order valence-corrected chi connectivity index (χ2v) is 6.57. The summed E-state index contributed by atoms with van der Waals surface area (Å²) in [4.78, 5) is 26.4. The van der Waals surface area contributed by atoms with Gasteiger partial charge in [-0.3, -0.25) is 9.59 Å². The van der Waals surface area contributed by atoms with Gasteiger partial charge < -0.3 is 5.32 Å². The fourth-order valence-corrected chi connectivity index (χ4v) is 3.13. The molecule has 0 aromatic heterocycles. The smallest absolute Gasteiger partial charge is 0.256 e. The van der Waals surface area contributed by atoms with E-state index in [0.717, 1.165) is 11.1 Å². The summed E-state index contributed by atoms with van der Waals surface area (Å²) in [7, 11) is 0. The Labute approximate surface area is 150 Å². The molecule has 124 valence electrons. The Morgan fingerprint density at radius 1 is 1.08 bits per heavy atom. The number of nitrogens with zero attached hydrogens (tertiary/aromatic N) is 1. The minimum atomic E-state index is -0.659. The number of anilines is 2. The predicted molar refractivity (Wildman–Crippen MR) is 96.9 cm³/mol. The van der Waals surface area contributed by atoms with Crippen LogP contribution in [0.2, 0.25) is 10.0 Å². The molecule has 2 amide bonds. The molecule has 1 heterocycles. The molecule has 3 rings (SSSR count). The van der Waals surface area contributed by atoms with Gasteiger partial charge in [0.15, 0.2) is 0 Å². The highest BCUT2D eigenvalue weighted by atomic mass is 35.5. The van der Waals surface area contributed by atoms with Crippen molar-refractivity contribution in [3.05, 3.63) is 57.6 Å². The number of carbonyl (C=O) groups excluding carboxylic acids is 2. The standard InChI is InChI=1S/C18H16Cl2N2O2/c1-10-5-3-8-15(11(10)2)22-16(23)9-14(18(22)24)21-13-7-4-6-12(19)17(13)20/h3-8,14,21H,9H2,1-2H3/t14-/m1/s1. The second kappa shape index (κ2) is 6.46. The van der Waals surface area contributed by atoms with Crippen LogP contribution in [0.15, 0.2) is 36.4 Å². The van der Waals surface area contributed by atoms with Crippen molar-refractivity contribution < 1.29 is 9.59 Å². The van der Waals surface area contributed by atoms with E-state index >= 15 is 0 Å². The molecule has 0 saturated carbocycles. The van der Waals surface area contributed by atoms with Crippen molar-refractivity contribution in [2.45, 2.75) is 26.3 Å². The highest BCUT2D eigenvalue weighted by Gasteiger charge is 2.40. The van der Waals surface area contributed by atoms with Gasteiger partial charge in [-0.05, 0) is 43.2 Å². The fraction of sp³-hybridized carbons (Fsp3) is 0.222. The summed E-state index contributed by atoms with van der Waals surface area (Å²) in [6.45, 7) is 3.85. The summed E-state index contributed by atoms with van der Waals surface area (Å²) in [5.74, 6) is -0.519. The van der Waals surface area contributed by atoms with E-state index in [9.17, 15) is 9.59 Å². The van der Waals surface area contributed by atoms with Crippen molar-refractivity contribution >= 4 is 46.4 Å². The van der Waals surface area contributed by atoms with Gasteiger partial charge in [0.05, 0.1) is 27.8 Å². The van der Waals surface area contributed by atoms with E-state index in [1.165, 1.54) is 4.90 Å². The number of aryl methyl sites for hydroxylation is 1. The van der Waals surface area contributed by atoms with Crippen LogP contribution < -0.4 is 10.2 Å². The third kappa shape index (κ3) is 2.87. The molecule has 0 radical (unpaired) electrons. The van der Waals surface area contributed by atoms with E-state index < -0.39 is 6.04 Å². The zero-order valence-electron chi connectivity index (χ0n) is 13.3. The molecule has 0 spiro atoms. The first-order chi connectivity index (χ1) is 11.4. The number of rotatable bonds is 3. The van der Waals surface area contributed by atoms with Crippen LogP contribution in [-0.2, 0) is 9.59 Å². The van der Waals surface area contributed by atoms with Gasteiger partial charge in [-0.15, -0.1) is 0 Å².